The molecule has 1 amide bonds. The SMILES string of the molecule is O=C(Cn1ncccc1=O)N(Cc1ccc(-c2noc(C(F)(F)F)n2)cc1)c1cccc(C(F)(F)F)c1. The lowest BCUT2D eigenvalue weighted by atomic mass is 10.1. The van der Waals surface area contributed by atoms with Crippen molar-refractivity contribution in [3.8, 4) is 11.4 Å². The molecule has 2 aromatic carbocycles. The van der Waals surface area contributed by atoms with Crippen LogP contribution in [-0.2, 0) is 30.2 Å². The Hall–Kier alpha value is -4.49. The number of halogens is 6. The summed E-state index contributed by atoms with van der Waals surface area (Å²) in [6, 6.07) is 12.3. The van der Waals surface area contributed by atoms with E-state index >= 15 is 0 Å². The Labute approximate surface area is 203 Å². The minimum atomic E-state index is -4.81. The zero-order valence-electron chi connectivity index (χ0n) is 18.5. The van der Waals surface area contributed by atoms with Crippen LogP contribution < -0.4 is 10.5 Å². The van der Waals surface area contributed by atoms with Gasteiger partial charge in [0.1, 0.15) is 6.54 Å². The van der Waals surface area contributed by atoms with Crippen LogP contribution in [0.5, 0.6) is 0 Å². The largest absolute Gasteiger partial charge is 0.471 e. The molecule has 0 radical (unpaired) electrons. The number of anilines is 1. The van der Waals surface area contributed by atoms with Gasteiger partial charge in [-0.25, -0.2) is 4.68 Å². The molecule has 4 aromatic rings. The maximum atomic E-state index is 13.3. The first-order valence-corrected chi connectivity index (χ1v) is 10.4. The summed E-state index contributed by atoms with van der Waals surface area (Å²) in [6.45, 7) is -0.765. The van der Waals surface area contributed by atoms with E-state index in [4.69, 9.17) is 0 Å². The number of aromatic nitrogens is 4. The third-order valence-corrected chi connectivity index (χ3v) is 5.08. The summed E-state index contributed by atoms with van der Waals surface area (Å²) in [7, 11) is 0. The third-order valence-electron chi connectivity index (χ3n) is 5.08. The summed E-state index contributed by atoms with van der Waals surface area (Å²) >= 11 is 0. The third kappa shape index (κ3) is 6.02. The highest BCUT2D eigenvalue weighted by molar-refractivity contribution is 5.93. The van der Waals surface area contributed by atoms with E-state index in [-0.39, 0.29) is 23.6 Å². The van der Waals surface area contributed by atoms with Gasteiger partial charge in [-0.2, -0.15) is 36.4 Å². The fourth-order valence-electron chi connectivity index (χ4n) is 3.29. The molecule has 37 heavy (non-hydrogen) atoms. The maximum Gasteiger partial charge on any atom is 0.471 e. The maximum absolute atomic E-state index is 13.3. The molecule has 192 valence electrons. The first-order chi connectivity index (χ1) is 17.4. The van der Waals surface area contributed by atoms with Gasteiger partial charge in [0, 0.05) is 23.5 Å². The molecule has 0 spiro atoms. The number of carbonyl (C=O) groups excluding carboxylic acids is 1. The molecule has 2 heterocycles. The Kier molecular flexibility index (Phi) is 6.83. The molecule has 0 N–H and O–H groups in total. The van der Waals surface area contributed by atoms with Gasteiger partial charge in [0.25, 0.3) is 5.56 Å². The van der Waals surface area contributed by atoms with Crippen LogP contribution in [0.25, 0.3) is 11.4 Å². The normalized spacial score (nSPS) is 11.9. The standard InChI is InChI=1S/C23H15F6N5O3/c24-22(25,26)16-3-1-4-17(11-16)33(19(36)13-34-18(35)5-2-10-30-34)12-14-6-8-15(9-7-14)20-31-21(37-32-20)23(27,28)29/h1-11H,12-13H2. The van der Waals surface area contributed by atoms with Crippen LogP contribution in [0, 0.1) is 0 Å². The quantitative estimate of drug-likeness (QED) is 0.344. The van der Waals surface area contributed by atoms with Gasteiger partial charge in [-0.15, -0.1) is 0 Å². The lowest BCUT2D eigenvalue weighted by molar-refractivity contribution is -0.159. The number of hydrogen-bond acceptors (Lipinski definition) is 6. The Bertz CT molecular complexity index is 1460. The highest BCUT2D eigenvalue weighted by atomic mass is 19.4. The molecule has 8 nitrogen and oxygen atoms in total. The number of carbonyl (C=O) groups is 1. The second kappa shape index (κ2) is 9.87. The van der Waals surface area contributed by atoms with E-state index in [9.17, 15) is 35.9 Å². The molecule has 0 unspecified atom stereocenters. The van der Waals surface area contributed by atoms with Crippen molar-refractivity contribution < 1.29 is 35.7 Å². The second-order valence-corrected chi connectivity index (χ2v) is 7.67. The lowest BCUT2D eigenvalue weighted by Gasteiger charge is -2.24. The molecule has 14 heteroatoms. The highest BCUT2D eigenvalue weighted by Crippen LogP contribution is 2.33. The number of benzene rings is 2. The predicted octanol–water partition coefficient (Wildman–Crippen LogP) is 4.56. The summed E-state index contributed by atoms with van der Waals surface area (Å²) in [5.41, 5.74) is -1.04. The minimum Gasteiger partial charge on any atom is -0.329 e. The molecule has 0 aliphatic rings. The van der Waals surface area contributed by atoms with Crippen molar-refractivity contribution in [2.24, 2.45) is 0 Å². The van der Waals surface area contributed by atoms with E-state index in [1.807, 2.05) is 0 Å². The summed E-state index contributed by atoms with van der Waals surface area (Å²) in [6.07, 6.45) is -8.19. The molecule has 0 saturated heterocycles. The van der Waals surface area contributed by atoms with Crippen LogP contribution in [0.15, 0.2) is 76.2 Å². The Balaban J connectivity index is 1.63. The molecule has 0 fully saturated rings. The van der Waals surface area contributed by atoms with E-state index < -0.39 is 41.8 Å². The van der Waals surface area contributed by atoms with Gasteiger partial charge >= 0.3 is 18.2 Å². The van der Waals surface area contributed by atoms with E-state index in [2.05, 4.69) is 19.8 Å². The van der Waals surface area contributed by atoms with Gasteiger partial charge in [0.15, 0.2) is 0 Å². The number of amides is 1. The average Bonchev–Trinajstić information content (AvgIpc) is 3.35. The molecule has 0 atom stereocenters. The molecule has 0 aliphatic carbocycles. The van der Waals surface area contributed by atoms with Crippen LogP contribution >= 0.6 is 0 Å². The van der Waals surface area contributed by atoms with Crippen molar-refractivity contribution in [2.75, 3.05) is 4.90 Å². The van der Waals surface area contributed by atoms with Crippen molar-refractivity contribution >= 4 is 11.6 Å². The second-order valence-electron chi connectivity index (χ2n) is 7.67. The smallest absolute Gasteiger partial charge is 0.329 e. The van der Waals surface area contributed by atoms with Crippen LogP contribution in [-0.4, -0.2) is 25.8 Å². The summed E-state index contributed by atoms with van der Waals surface area (Å²) in [4.78, 5) is 29.4. The Morgan fingerprint density at radius 1 is 0.946 bits per heavy atom. The van der Waals surface area contributed by atoms with E-state index in [1.54, 1.807) is 0 Å². The van der Waals surface area contributed by atoms with E-state index in [0.717, 1.165) is 27.8 Å². The van der Waals surface area contributed by atoms with Gasteiger partial charge in [-0.05, 0) is 29.8 Å². The van der Waals surface area contributed by atoms with Crippen molar-refractivity contribution in [2.45, 2.75) is 25.4 Å². The molecule has 2 aromatic heterocycles. The van der Waals surface area contributed by atoms with Crippen molar-refractivity contribution in [3.05, 3.63) is 94.2 Å². The van der Waals surface area contributed by atoms with Crippen LogP contribution in [0.2, 0.25) is 0 Å². The van der Waals surface area contributed by atoms with Crippen molar-refractivity contribution in [3.63, 3.8) is 0 Å². The van der Waals surface area contributed by atoms with Gasteiger partial charge in [-0.1, -0.05) is 35.5 Å². The van der Waals surface area contributed by atoms with Crippen LogP contribution in [0.4, 0.5) is 32.0 Å². The zero-order valence-corrected chi connectivity index (χ0v) is 18.5. The molecule has 0 saturated carbocycles. The predicted molar refractivity (Wildman–Crippen MR) is 116 cm³/mol. The summed E-state index contributed by atoms with van der Waals surface area (Å²) in [5, 5.41) is 7.09. The fourth-order valence-corrected chi connectivity index (χ4v) is 3.29. The van der Waals surface area contributed by atoms with Gasteiger partial charge in [-0.3, -0.25) is 9.59 Å². The zero-order chi connectivity index (χ0) is 26.8. The Morgan fingerprint density at radius 2 is 1.68 bits per heavy atom. The number of rotatable bonds is 6. The lowest BCUT2D eigenvalue weighted by Crippen LogP contribution is -2.37. The molecular weight excluding hydrogens is 508 g/mol. The number of alkyl halides is 6. The average molecular weight is 523 g/mol. The van der Waals surface area contributed by atoms with Crippen molar-refractivity contribution in [1.82, 2.24) is 19.9 Å². The van der Waals surface area contributed by atoms with Gasteiger partial charge in [0.2, 0.25) is 11.7 Å². The van der Waals surface area contributed by atoms with Gasteiger partial charge < -0.3 is 9.42 Å². The van der Waals surface area contributed by atoms with Crippen molar-refractivity contribution in [1.29, 1.82) is 0 Å². The molecule has 0 bridgehead atoms. The first-order valence-electron chi connectivity index (χ1n) is 10.4. The molecule has 0 aliphatic heterocycles. The highest BCUT2D eigenvalue weighted by Gasteiger charge is 2.38. The molecular formula is C23H15F6N5O3. The van der Waals surface area contributed by atoms with Crippen LogP contribution in [0.1, 0.15) is 17.0 Å². The van der Waals surface area contributed by atoms with Gasteiger partial charge in [0.05, 0.1) is 12.1 Å². The summed E-state index contributed by atoms with van der Waals surface area (Å²) < 4.78 is 83.1. The molecule has 4 rings (SSSR count). The minimum absolute atomic E-state index is 0.0825. The first kappa shape index (κ1) is 25.6. The Morgan fingerprint density at radius 3 is 2.30 bits per heavy atom. The topological polar surface area (TPSA) is 94.1 Å². The fraction of sp³-hybridized carbons (Fsp3) is 0.174. The van der Waals surface area contributed by atoms with Crippen LogP contribution in [0.3, 0.4) is 0 Å². The number of hydrogen-bond donors (Lipinski definition) is 0. The summed E-state index contributed by atoms with van der Waals surface area (Å²) in [5.74, 6) is -2.56. The van der Waals surface area contributed by atoms with E-state index in [0.29, 0.717) is 5.56 Å². The monoisotopic (exact) mass is 523 g/mol. The number of nitrogens with zero attached hydrogens (tertiary/aromatic N) is 5. The van der Waals surface area contributed by atoms with E-state index in [1.165, 1.54) is 48.7 Å².